The second kappa shape index (κ2) is 7.08. The van der Waals surface area contributed by atoms with Gasteiger partial charge in [0.15, 0.2) is 5.13 Å². The minimum Gasteiger partial charge on any atom is -0.491 e. The van der Waals surface area contributed by atoms with Crippen molar-refractivity contribution in [3.63, 3.8) is 0 Å². The number of hydrogen-bond acceptors (Lipinski definition) is 5. The van der Waals surface area contributed by atoms with Gasteiger partial charge in [-0.1, -0.05) is 12.1 Å². The molecule has 2 N–H and O–H groups in total. The fraction of sp³-hybridized carbons (Fsp3) is 0.333. The molecule has 2 rings (SSSR count). The third-order valence-electron chi connectivity index (χ3n) is 3.07. The third-order valence-corrected chi connectivity index (χ3v) is 3.92. The van der Waals surface area contributed by atoms with Crippen LogP contribution in [0.25, 0.3) is 0 Å². The van der Waals surface area contributed by atoms with Crippen molar-refractivity contribution in [2.24, 2.45) is 0 Å². The molecule has 0 fully saturated rings. The summed E-state index contributed by atoms with van der Waals surface area (Å²) in [6.45, 7) is 5.24. The first-order valence-electron chi connectivity index (χ1n) is 6.65. The maximum absolute atomic E-state index is 10.6. The van der Waals surface area contributed by atoms with Crippen LogP contribution in [0.2, 0.25) is 0 Å². The summed E-state index contributed by atoms with van der Waals surface area (Å²) >= 11 is 1.40. The van der Waals surface area contributed by atoms with Crippen molar-refractivity contribution in [2.45, 2.75) is 20.3 Å². The Morgan fingerprint density at radius 2 is 2.24 bits per heavy atom. The van der Waals surface area contributed by atoms with E-state index < -0.39 is 5.97 Å². The largest absolute Gasteiger partial charge is 0.491 e. The predicted octanol–water partition coefficient (Wildman–Crippen LogP) is 2.88. The Bertz CT molecular complexity index is 625. The van der Waals surface area contributed by atoms with Crippen molar-refractivity contribution < 1.29 is 14.6 Å². The Balaban J connectivity index is 1.78. The van der Waals surface area contributed by atoms with Gasteiger partial charge in [0.1, 0.15) is 12.4 Å². The molecule has 5 nitrogen and oxygen atoms in total. The highest BCUT2D eigenvalue weighted by atomic mass is 32.1. The van der Waals surface area contributed by atoms with Crippen LogP contribution in [0.15, 0.2) is 23.6 Å². The molecule has 0 aliphatic rings. The number of aliphatic carboxylic acids is 1. The molecule has 0 saturated heterocycles. The van der Waals surface area contributed by atoms with E-state index in [-0.39, 0.29) is 6.42 Å². The van der Waals surface area contributed by atoms with Gasteiger partial charge in [-0.2, -0.15) is 0 Å². The molecule has 0 amide bonds. The maximum Gasteiger partial charge on any atom is 0.309 e. The number of carbonyl (C=O) groups is 1. The number of benzene rings is 1. The molecule has 6 heteroatoms. The van der Waals surface area contributed by atoms with E-state index in [4.69, 9.17) is 9.84 Å². The molecule has 0 unspecified atom stereocenters. The van der Waals surface area contributed by atoms with Crippen LogP contribution in [-0.2, 0) is 11.2 Å². The summed E-state index contributed by atoms with van der Waals surface area (Å²) in [4.78, 5) is 14.8. The van der Waals surface area contributed by atoms with Crippen LogP contribution in [0, 0.1) is 13.8 Å². The zero-order chi connectivity index (χ0) is 15.2. The summed E-state index contributed by atoms with van der Waals surface area (Å²) < 4.78 is 5.73. The molecule has 2 aromatic rings. The molecule has 0 aliphatic carbocycles. The first-order chi connectivity index (χ1) is 10.1. The number of thiazole rings is 1. The van der Waals surface area contributed by atoms with Gasteiger partial charge in [0, 0.05) is 5.38 Å². The maximum atomic E-state index is 10.6. The van der Waals surface area contributed by atoms with Crippen molar-refractivity contribution >= 4 is 22.4 Å². The van der Waals surface area contributed by atoms with Crippen LogP contribution in [0.3, 0.4) is 0 Å². The Morgan fingerprint density at radius 1 is 1.43 bits per heavy atom. The van der Waals surface area contributed by atoms with Crippen LogP contribution in [0.1, 0.15) is 16.8 Å². The van der Waals surface area contributed by atoms with Gasteiger partial charge in [-0.25, -0.2) is 4.98 Å². The lowest BCUT2D eigenvalue weighted by Crippen LogP contribution is -2.12. The van der Waals surface area contributed by atoms with E-state index in [0.29, 0.717) is 18.8 Å². The molecular weight excluding hydrogens is 288 g/mol. The second-order valence-corrected chi connectivity index (χ2v) is 5.55. The number of anilines is 1. The van der Waals surface area contributed by atoms with Crippen LogP contribution in [-0.4, -0.2) is 29.2 Å². The van der Waals surface area contributed by atoms with E-state index in [2.05, 4.69) is 23.3 Å². The third kappa shape index (κ3) is 4.46. The summed E-state index contributed by atoms with van der Waals surface area (Å²) in [5.41, 5.74) is 2.93. The molecule has 1 aromatic heterocycles. The zero-order valence-electron chi connectivity index (χ0n) is 12.0. The van der Waals surface area contributed by atoms with Crippen molar-refractivity contribution in [2.75, 3.05) is 18.5 Å². The number of nitrogens with zero attached hydrogens (tertiary/aromatic N) is 1. The van der Waals surface area contributed by atoms with Crippen molar-refractivity contribution in [3.8, 4) is 5.75 Å². The van der Waals surface area contributed by atoms with E-state index in [9.17, 15) is 4.79 Å². The van der Waals surface area contributed by atoms with Crippen molar-refractivity contribution in [1.29, 1.82) is 0 Å². The molecular formula is C15H18N2O3S. The Labute approximate surface area is 127 Å². The molecule has 0 radical (unpaired) electrons. The topological polar surface area (TPSA) is 71.5 Å². The van der Waals surface area contributed by atoms with Gasteiger partial charge in [0.25, 0.3) is 0 Å². The highest BCUT2D eigenvalue weighted by Crippen LogP contribution is 2.20. The number of nitrogens with one attached hydrogen (secondary N) is 1. The number of carboxylic acid groups (broad SMARTS) is 1. The summed E-state index contributed by atoms with van der Waals surface area (Å²) in [7, 11) is 0. The molecule has 0 aliphatic heterocycles. The zero-order valence-corrected chi connectivity index (χ0v) is 12.9. The number of rotatable bonds is 7. The summed E-state index contributed by atoms with van der Waals surface area (Å²) in [5, 5.41) is 14.3. The normalized spacial score (nSPS) is 10.4. The minimum atomic E-state index is -0.870. The molecule has 1 heterocycles. The monoisotopic (exact) mass is 306 g/mol. The SMILES string of the molecule is Cc1cccc(OCCNc2nc(CC(=O)O)cs2)c1C. The molecule has 0 bridgehead atoms. The Hall–Kier alpha value is -2.08. The lowest BCUT2D eigenvalue weighted by atomic mass is 10.1. The molecule has 0 spiro atoms. The minimum absolute atomic E-state index is 0.0445. The van der Waals surface area contributed by atoms with Gasteiger partial charge >= 0.3 is 5.97 Å². The highest BCUT2D eigenvalue weighted by Gasteiger charge is 2.06. The van der Waals surface area contributed by atoms with Crippen molar-refractivity contribution in [3.05, 3.63) is 40.4 Å². The first-order valence-corrected chi connectivity index (χ1v) is 7.53. The van der Waals surface area contributed by atoms with Gasteiger partial charge in [0.2, 0.25) is 0 Å². The number of carboxylic acids is 1. The lowest BCUT2D eigenvalue weighted by Gasteiger charge is -2.10. The van der Waals surface area contributed by atoms with Crippen LogP contribution < -0.4 is 10.1 Å². The fourth-order valence-corrected chi connectivity index (χ4v) is 2.56. The van der Waals surface area contributed by atoms with Gasteiger partial charge < -0.3 is 15.2 Å². The van der Waals surface area contributed by atoms with Crippen LogP contribution in [0.4, 0.5) is 5.13 Å². The molecule has 112 valence electrons. The average Bonchev–Trinajstić information content (AvgIpc) is 2.86. The van der Waals surface area contributed by atoms with E-state index in [1.165, 1.54) is 16.9 Å². The van der Waals surface area contributed by atoms with E-state index in [0.717, 1.165) is 16.4 Å². The Kier molecular flexibility index (Phi) is 5.16. The lowest BCUT2D eigenvalue weighted by molar-refractivity contribution is -0.136. The van der Waals surface area contributed by atoms with E-state index in [1.807, 2.05) is 19.1 Å². The fourth-order valence-electron chi connectivity index (χ4n) is 1.82. The molecule has 21 heavy (non-hydrogen) atoms. The smallest absolute Gasteiger partial charge is 0.309 e. The van der Waals surface area contributed by atoms with Crippen LogP contribution in [0.5, 0.6) is 5.75 Å². The number of hydrogen-bond donors (Lipinski definition) is 2. The van der Waals surface area contributed by atoms with Crippen molar-refractivity contribution in [1.82, 2.24) is 4.98 Å². The summed E-state index contributed by atoms with van der Waals surface area (Å²) in [6, 6.07) is 5.99. The predicted molar refractivity (Wildman–Crippen MR) is 83.4 cm³/mol. The first kappa shape index (κ1) is 15.3. The van der Waals surface area contributed by atoms with Gasteiger partial charge in [-0.05, 0) is 31.0 Å². The number of aromatic nitrogens is 1. The van der Waals surface area contributed by atoms with Crippen LogP contribution >= 0.6 is 11.3 Å². The van der Waals surface area contributed by atoms with Gasteiger partial charge in [0.05, 0.1) is 18.7 Å². The highest BCUT2D eigenvalue weighted by molar-refractivity contribution is 7.13. The number of ether oxygens (including phenoxy) is 1. The Morgan fingerprint density at radius 3 is 3.00 bits per heavy atom. The van der Waals surface area contributed by atoms with E-state index >= 15 is 0 Å². The summed E-state index contributed by atoms with van der Waals surface area (Å²) in [5.74, 6) is 0.0209. The molecule has 1 aromatic carbocycles. The average molecular weight is 306 g/mol. The van der Waals surface area contributed by atoms with E-state index in [1.54, 1.807) is 5.38 Å². The van der Waals surface area contributed by atoms with Gasteiger partial charge in [-0.3, -0.25) is 4.79 Å². The standard InChI is InChI=1S/C15H18N2O3S/c1-10-4-3-5-13(11(10)2)20-7-6-16-15-17-12(9-21-15)8-14(18)19/h3-5,9H,6-8H2,1-2H3,(H,16,17)(H,18,19). The quantitative estimate of drug-likeness (QED) is 0.770. The second-order valence-electron chi connectivity index (χ2n) is 4.69. The molecule has 0 atom stereocenters. The molecule has 0 saturated carbocycles. The summed E-state index contributed by atoms with van der Waals surface area (Å²) in [6.07, 6.45) is -0.0445. The van der Waals surface area contributed by atoms with Gasteiger partial charge in [-0.15, -0.1) is 11.3 Å². The number of aryl methyl sites for hydroxylation is 1.